The van der Waals surface area contributed by atoms with Crippen LogP contribution in [0.5, 0.6) is 0 Å². The molecule has 7 rings (SSSR count). The molecule has 0 N–H and O–H groups in total. The second-order valence-corrected chi connectivity index (χ2v) is 9.48. The van der Waals surface area contributed by atoms with Crippen molar-refractivity contribution in [3.8, 4) is 0 Å². The lowest BCUT2D eigenvalue weighted by Crippen LogP contribution is -2.75. The largest absolute Gasteiger partial charge is 0.373 e. The standard InChI is InChI=1S/C22H25N2O2/c1-24-16-5-3-2-4-15(16)22-7-8-23-12-13-6-9-26-17(11-19(24)25)20(21(22)24)14(13)10-18(22)23/h2-6,14,17-18,20-21H,7-12H2,1H3/q+1/t14-,17-,18-,20-,21-,22+,24?/m0/s1. The van der Waals surface area contributed by atoms with Crippen LogP contribution >= 0.6 is 0 Å². The van der Waals surface area contributed by atoms with Crippen molar-refractivity contribution in [2.24, 2.45) is 11.8 Å². The highest BCUT2D eigenvalue weighted by Crippen LogP contribution is 2.67. The summed E-state index contributed by atoms with van der Waals surface area (Å²) in [5.74, 6) is 1.46. The highest BCUT2D eigenvalue weighted by Gasteiger charge is 2.77. The van der Waals surface area contributed by atoms with Crippen molar-refractivity contribution in [1.82, 2.24) is 9.38 Å². The van der Waals surface area contributed by atoms with Gasteiger partial charge in [-0.3, -0.25) is 4.90 Å². The maximum Gasteiger partial charge on any atom is 0.321 e. The van der Waals surface area contributed by atoms with E-state index in [4.69, 9.17) is 4.74 Å². The van der Waals surface area contributed by atoms with E-state index < -0.39 is 0 Å². The normalized spacial score (nSPS) is 50.3. The minimum atomic E-state index is 0.108. The molecule has 4 nitrogen and oxygen atoms in total. The predicted molar refractivity (Wildman–Crippen MR) is 98.6 cm³/mol. The lowest BCUT2D eigenvalue weighted by Gasteiger charge is -2.58. The van der Waals surface area contributed by atoms with Crippen LogP contribution in [-0.4, -0.2) is 55.7 Å². The van der Waals surface area contributed by atoms with Crippen molar-refractivity contribution >= 4 is 11.6 Å². The molecule has 1 saturated carbocycles. The van der Waals surface area contributed by atoms with Gasteiger partial charge < -0.3 is 4.74 Å². The second kappa shape index (κ2) is 4.32. The van der Waals surface area contributed by atoms with Crippen molar-refractivity contribution in [2.75, 3.05) is 26.7 Å². The number of hydrogen-bond donors (Lipinski definition) is 0. The zero-order valence-corrected chi connectivity index (χ0v) is 15.2. The Labute approximate surface area is 154 Å². The average Bonchev–Trinajstić information content (AvgIpc) is 3.08. The summed E-state index contributed by atoms with van der Waals surface area (Å²) in [4.78, 5) is 16.3. The van der Waals surface area contributed by atoms with E-state index >= 15 is 0 Å². The Balaban J connectivity index is 1.58. The fourth-order valence-electron chi connectivity index (χ4n) is 8.20. The van der Waals surface area contributed by atoms with Gasteiger partial charge in [0, 0.05) is 24.1 Å². The third-order valence-electron chi connectivity index (χ3n) is 8.99. The number of ether oxygens (including phenoxy) is 1. The third-order valence-corrected chi connectivity index (χ3v) is 8.99. The van der Waals surface area contributed by atoms with Crippen molar-refractivity contribution in [2.45, 2.75) is 42.9 Å². The van der Waals surface area contributed by atoms with Crippen LogP contribution in [0.25, 0.3) is 0 Å². The Morgan fingerprint density at radius 3 is 3.12 bits per heavy atom. The Bertz CT molecular complexity index is 894. The van der Waals surface area contributed by atoms with E-state index in [2.05, 4.69) is 42.3 Å². The highest BCUT2D eigenvalue weighted by molar-refractivity contribution is 5.94. The summed E-state index contributed by atoms with van der Waals surface area (Å²) in [6, 6.07) is 9.84. The van der Waals surface area contributed by atoms with Crippen LogP contribution in [0.1, 0.15) is 24.8 Å². The molecule has 6 aliphatic rings. The number of hydrogen-bond acceptors (Lipinski definition) is 3. The second-order valence-electron chi connectivity index (χ2n) is 9.48. The topological polar surface area (TPSA) is 29.5 Å². The zero-order chi connectivity index (χ0) is 17.3. The molecule has 1 amide bonds. The molecule has 5 heterocycles. The molecule has 4 heteroatoms. The molecular weight excluding hydrogens is 324 g/mol. The first-order chi connectivity index (χ1) is 12.7. The van der Waals surface area contributed by atoms with Crippen molar-refractivity contribution in [3.05, 3.63) is 41.5 Å². The minimum absolute atomic E-state index is 0.108. The van der Waals surface area contributed by atoms with Gasteiger partial charge in [-0.1, -0.05) is 29.8 Å². The van der Waals surface area contributed by atoms with E-state index in [1.807, 2.05) is 0 Å². The van der Waals surface area contributed by atoms with Gasteiger partial charge in [0.15, 0.2) is 0 Å². The summed E-state index contributed by atoms with van der Waals surface area (Å²) in [6.07, 6.45) is 5.49. The van der Waals surface area contributed by atoms with E-state index in [1.165, 1.54) is 30.6 Å². The van der Waals surface area contributed by atoms with Gasteiger partial charge in [-0.25, -0.2) is 9.28 Å². The van der Waals surface area contributed by atoms with Crippen LogP contribution in [0.4, 0.5) is 5.69 Å². The first-order valence-electron chi connectivity index (χ1n) is 10.2. The van der Waals surface area contributed by atoms with Gasteiger partial charge in [-0.15, -0.1) is 0 Å². The number of benzene rings is 1. The molecule has 1 aliphatic carbocycles. The molecule has 4 fully saturated rings. The van der Waals surface area contributed by atoms with Gasteiger partial charge in [0.05, 0.1) is 31.6 Å². The van der Waals surface area contributed by atoms with Gasteiger partial charge in [-0.05, 0) is 31.4 Å². The number of para-hydroxylation sites is 1. The number of amides is 1. The average molecular weight is 349 g/mol. The summed E-state index contributed by atoms with van der Waals surface area (Å²) in [5.41, 5.74) is 4.50. The molecule has 134 valence electrons. The van der Waals surface area contributed by atoms with Crippen LogP contribution in [0.15, 0.2) is 35.9 Å². The Hall–Kier alpha value is -1.49. The van der Waals surface area contributed by atoms with Crippen molar-refractivity contribution in [1.29, 1.82) is 0 Å². The van der Waals surface area contributed by atoms with Crippen LogP contribution in [-0.2, 0) is 14.9 Å². The van der Waals surface area contributed by atoms with Crippen molar-refractivity contribution < 1.29 is 9.53 Å². The first kappa shape index (κ1) is 14.6. The van der Waals surface area contributed by atoms with Crippen LogP contribution < -0.4 is 4.48 Å². The van der Waals surface area contributed by atoms with Crippen molar-refractivity contribution in [3.63, 3.8) is 0 Å². The number of likely N-dealkylation sites (N-methyl/N-ethyl adjacent to an activating group) is 1. The summed E-state index contributed by atoms with van der Waals surface area (Å²) in [6.45, 7) is 2.98. The Morgan fingerprint density at radius 1 is 1.31 bits per heavy atom. The fraction of sp³-hybridized carbons (Fsp3) is 0.591. The third kappa shape index (κ3) is 1.30. The summed E-state index contributed by atoms with van der Waals surface area (Å²) in [7, 11) is 2.22. The molecular formula is C22H25N2O2+. The van der Waals surface area contributed by atoms with Crippen LogP contribution in [0.3, 0.4) is 0 Å². The van der Waals surface area contributed by atoms with Gasteiger partial charge >= 0.3 is 5.91 Å². The Kier molecular flexibility index (Phi) is 2.42. The highest BCUT2D eigenvalue weighted by atomic mass is 16.5. The van der Waals surface area contributed by atoms with E-state index in [9.17, 15) is 4.79 Å². The smallest absolute Gasteiger partial charge is 0.321 e. The van der Waals surface area contributed by atoms with Gasteiger partial charge in [-0.2, -0.15) is 0 Å². The predicted octanol–water partition coefficient (Wildman–Crippen LogP) is 2.22. The molecule has 0 radical (unpaired) electrons. The first-order valence-corrected chi connectivity index (χ1v) is 10.2. The number of quaternary nitrogens is 1. The molecule has 0 aromatic heterocycles. The Morgan fingerprint density at radius 2 is 2.19 bits per heavy atom. The molecule has 1 unspecified atom stereocenters. The van der Waals surface area contributed by atoms with Crippen LogP contribution in [0, 0.1) is 11.8 Å². The zero-order valence-electron chi connectivity index (χ0n) is 15.2. The number of rotatable bonds is 0. The van der Waals surface area contributed by atoms with Gasteiger partial charge in [0.2, 0.25) is 0 Å². The summed E-state index contributed by atoms with van der Waals surface area (Å²) >= 11 is 0. The molecule has 1 aromatic carbocycles. The maximum absolute atomic E-state index is 13.5. The van der Waals surface area contributed by atoms with E-state index in [0.29, 0.717) is 47.3 Å². The maximum atomic E-state index is 13.5. The van der Waals surface area contributed by atoms with Gasteiger partial charge in [0.25, 0.3) is 0 Å². The molecule has 7 atom stereocenters. The lowest BCUT2D eigenvalue weighted by atomic mass is 9.53. The molecule has 5 aliphatic heterocycles. The van der Waals surface area contributed by atoms with E-state index in [-0.39, 0.29) is 11.5 Å². The SMILES string of the molecule is C[N+]12C(=O)C[C@@H]3OCC=C4CN5CC[C@@]6(c7ccccc71)[C@@H]5C[C@@H]4[C@@H]3[C@@H]62. The van der Waals surface area contributed by atoms with E-state index in [1.54, 1.807) is 5.57 Å². The number of piperidine rings is 2. The molecule has 2 bridgehead atoms. The molecule has 1 spiro atoms. The fourth-order valence-corrected chi connectivity index (χ4v) is 8.20. The van der Waals surface area contributed by atoms with Gasteiger partial charge in [0.1, 0.15) is 11.7 Å². The summed E-state index contributed by atoms with van der Waals surface area (Å²) < 4.78 is 6.83. The molecule has 26 heavy (non-hydrogen) atoms. The summed E-state index contributed by atoms with van der Waals surface area (Å²) in [5, 5.41) is 0. The number of nitrogens with zero attached hydrogens (tertiary/aromatic N) is 2. The lowest BCUT2D eigenvalue weighted by molar-refractivity contribution is -0.155. The number of carbonyl (C=O) groups excluding carboxylic acids is 1. The van der Waals surface area contributed by atoms with E-state index in [0.717, 1.165) is 6.54 Å². The number of fused-ring (bicyclic) bond motifs is 2. The van der Waals surface area contributed by atoms with Crippen LogP contribution in [0.2, 0.25) is 0 Å². The monoisotopic (exact) mass is 349 g/mol. The molecule has 3 saturated heterocycles. The number of carbonyl (C=O) groups is 1. The minimum Gasteiger partial charge on any atom is -0.373 e. The quantitative estimate of drug-likeness (QED) is 0.531. The molecule has 1 aromatic rings.